The van der Waals surface area contributed by atoms with Crippen molar-refractivity contribution < 1.29 is 22.0 Å². The van der Waals surface area contributed by atoms with Crippen molar-refractivity contribution in [1.29, 1.82) is 0 Å². The van der Waals surface area contributed by atoms with Gasteiger partial charge in [0.1, 0.15) is 12.6 Å². The summed E-state index contributed by atoms with van der Waals surface area (Å²) in [5, 5.41) is 10.3. The van der Waals surface area contributed by atoms with Gasteiger partial charge in [-0.15, -0.1) is 11.6 Å². The summed E-state index contributed by atoms with van der Waals surface area (Å²) in [6.07, 6.45) is 39.1. The van der Waals surface area contributed by atoms with Crippen molar-refractivity contribution in [2.24, 2.45) is 0 Å². The zero-order valence-corrected chi connectivity index (χ0v) is 29.4. The molecule has 0 saturated carbocycles. The van der Waals surface area contributed by atoms with Crippen molar-refractivity contribution >= 4 is 11.6 Å². The average molecular weight is 609 g/mol. The van der Waals surface area contributed by atoms with E-state index < -0.39 is 0 Å². The Morgan fingerprint density at radius 3 is 0.900 bits per heavy atom. The minimum absolute atomic E-state index is 0. The first-order valence-electron chi connectivity index (χ1n) is 18.2. The second-order valence-corrected chi connectivity index (χ2v) is 13.6. The highest BCUT2D eigenvalue weighted by molar-refractivity contribution is 6.18. The second-order valence-electron chi connectivity index (χ2n) is 13.2. The summed E-state index contributed by atoms with van der Waals surface area (Å²) in [6, 6.07) is 0. The standard InChI is InChI=1S/C36H75ClNO.ClH/c1-4-6-8-10-12-14-16-18-20-22-24-26-28-30-32-38(3,35-36(39)34-37)33-31-29-27-25-23-21-19-17-15-13-11-9-7-5-2;/h36,39H,4-35H2,1-3H3;1H/q+1;/p-1. The minimum Gasteiger partial charge on any atom is -1.00 e. The summed E-state index contributed by atoms with van der Waals surface area (Å²) < 4.78 is 1.00. The summed E-state index contributed by atoms with van der Waals surface area (Å²) in [6.45, 7) is 7.81. The van der Waals surface area contributed by atoms with Gasteiger partial charge in [0.2, 0.25) is 0 Å². The third-order valence-electron chi connectivity index (χ3n) is 8.93. The van der Waals surface area contributed by atoms with Gasteiger partial charge in [0.05, 0.1) is 26.0 Å². The summed E-state index contributed by atoms with van der Waals surface area (Å²) in [7, 11) is 2.36. The van der Waals surface area contributed by atoms with Crippen LogP contribution in [-0.4, -0.2) is 48.3 Å². The predicted octanol–water partition coefficient (Wildman–Crippen LogP) is 9.00. The first-order chi connectivity index (χ1) is 19.1. The lowest BCUT2D eigenvalue weighted by Crippen LogP contribution is -3.00. The number of hydrogen-bond acceptors (Lipinski definition) is 1. The van der Waals surface area contributed by atoms with E-state index in [-0.39, 0.29) is 18.5 Å². The van der Waals surface area contributed by atoms with E-state index in [4.69, 9.17) is 11.6 Å². The molecule has 4 heteroatoms. The number of quaternary nitrogens is 1. The van der Waals surface area contributed by atoms with Gasteiger partial charge in [0, 0.05) is 0 Å². The minimum atomic E-state index is -0.366. The molecule has 0 aliphatic heterocycles. The Morgan fingerprint density at radius 1 is 0.450 bits per heavy atom. The van der Waals surface area contributed by atoms with Crippen LogP contribution in [0.25, 0.3) is 0 Å². The van der Waals surface area contributed by atoms with Gasteiger partial charge < -0.3 is 22.0 Å². The first kappa shape index (κ1) is 42.6. The highest BCUT2D eigenvalue weighted by Crippen LogP contribution is 2.17. The van der Waals surface area contributed by atoms with E-state index in [9.17, 15) is 5.11 Å². The molecule has 2 nitrogen and oxygen atoms in total. The molecule has 1 unspecified atom stereocenters. The molecule has 1 atom stereocenters. The Hall–Kier alpha value is 0.500. The fourth-order valence-electron chi connectivity index (χ4n) is 6.23. The molecular weight excluding hydrogens is 533 g/mol. The molecule has 0 spiro atoms. The molecule has 0 heterocycles. The fraction of sp³-hybridized carbons (Fsp3) is 1.00. The molecule has 0 aromatic heterocycles. The third kappa shape index (κ3) is 31.4. The van der Waals surface area contributed by atoms with E-state index in [1.165, 1.54) is 193 Å². The van der Waals surface area contributed by atoms with Crippen molar-refractivity contribution in [2.75, 3.05) is 32.6 Å². The van der Waals surface area contributed by atoms with E-state index in [1.807, 2.05) is 0 Å². The van der Waals surface area contributed by atoms with Gasteiger partial charge in [0.25, 0.3) is 0 Å². The summed E-state index contributed by atoms with van der Waals surface area (Å²) in [4.78, 5) is 0. The second kappa shape index (κ2) is 34.0. The van der Waals surface area contributed by atoms with Gasteiger partial charge in [-0.2, -0.15) is 0 Å². The van der Waals surface area contributed by atoms with Crippen molar-refractivity contribution in [3.63, 3.8) is 0 Å². The van der Waals surface area contributed by atoms with E-state index in [0.717, 1.165) is 11.0 Å². The maximum absolute atomic E-state index is 10.3. The average Bonchev–Trinajstić information content (AvgIpc) is 2.93. The van der Waals surface area contributed by atoms with E-state index in [1.54, 1.807) is 0 Å². The maximum Gasteiger partial charge on any atom is 0.116 e. The summed E-state index contributed by atoms with van der Waals surface area (Å²) >= 11 is 5.98. The highest BCUT2D eigenvalue weighted by Gasteiger charge is 2.24. The van der Waals surface area contributed by atoms with E-state index in [2.05, 4.69) is 20.9 Å². The number of hydrogen-bond donors (Lipinski definition) is 1. The quantitative estimate of drug-likeness (QED) is 0.0448. The molecule has 244 valence electrons. The first-order valence-corrected chi connectivity index (χ1v) is 18.7. The molecule has 0 saturated heterocycles. The van der Waals surface area contributed by atoms with Gasteiger partial charge in [-0.1, -0.05) is 168 Å². The van der Waals surface area contributed by atoms with Crippen LogP contribution in [-0.2, 0) is 0 Å². The van der Waals surface area contributed by atoms with Crippen LogP contribution in [0.5, 0.6) is 0 Å². The Bertz CT molecular complexity index is 430. The van der Waals surface area contributed by atoms with Crippen molar-refractivity contribution in [3.8, 4) is 0 Å². The van der Waals surface area contributed by atoms with Crippen LogP contribution in [0.4, 0.5) is 0 Å². The number of rotatable bonds is 33. The van der Waals surface area contributed by atoms with Crippen LogP contribution < -0.4 is 12.4 Å². The number of alkyl halides is 1. The molecule has 0 aromatic rings. The lowest BCUT2D eigenvalue weighted by molar-refractivity contribution is -0.912. The molecule has 0 radical (unpaired) electrons. The zero-order chi connectivity index (χ0) is 28.7. The Kier molecular flexibility index (Phi) is 36.2. The van der Waals surface area contributed by atoms with Gasteiger partial charge in [0.15, 0.2) is 0 Å². The van der Waals surface area contributed by atoms with Gasteiger partial charge >= 0.3 is 0 Å². The van der Waals surface area contributed by atoms with Crippen LogP contribution in [0, 0.1) is 0 Å². The molecule has 1 N–H and O–H groups in total. The molecule has 0 bridgehead atoms. The van der Waals surface area contributed by atoms with Crippen molar-refractivity contribution in [1.82, 2.24) is 0 Å². The van der Waals surface area contributed by atoms with Crippen LogP contribution in [0.2, 0.25) is 0 Å². The molecule has 0 amide bonds. The Labute approximate surface area is 265 Å². The molecule has 0 fully saturated rings. The van der Waals surface area contributed by atoms with Crippen molar-refractivity contribution in [2.45, 2.75) is 200 Å². The topological polar surface area (TPSA) is 20.2 Å². The highest BCUT2D eigenvalue weighted by atomic mass is 35.5. The number of halogens is 2. The number of unbranched alkanes of at least 4 members (excludes halogenated alkanes) is 26. The van der Waals surface area contributed by atoms with E-state index >= 15 is 0 Å². The lowest BCUT2D eigenvalue weighted by Gasteiger charge is -2.36. The predicted molar refractivity (Wildman–Crippen MR) is 178 cm³/mol. The number of aliphatic hydroxyl groups is 1. The molecule has 0 aromatic carbocycles. The van der Waals surface area contributed by atoms with Crippen molar-refractivity contribution in [3.05, 3.63) is 0 Å². The number of likely N-dealkylation sites (N-methyl/N-ethyl adjacent to an activating group) is 1. The van der Waals surface area contributed by atoms with E-state index in [0.29, 0.717) is 5.88 Å². The van der Waals surface area contributed by atoms with Crippen LogP contribution >= 0.6 is 11.6 Å². The SMILES string of the molecule is CCCCCCCCCCCCCCCC[N+](C)(CCCCCCCCCCCCCCCC)CC(O)CCl.[Cl-]. The molecular formula is C36H75Cl2NO. The third-order valence-corrected chi connectivity index (χ3v) is 9.29. The summed E-state index contributed by atoms with van der Waals surface area (Å²) in [5.41, 5.74) is 0. The van der Waals surface area contributed by atoms with Gasteiger partial charge in [-0.3, -0.25) is 0 Å². The number of aliphatic hydroxyl groups excluding tert-OH is 1. The molecule has 0 aliphatic rings. The largest absolute Gasteiger partial charge is 1.00 e. The van der Waals surface area contributed by atoms with Gasteiger partial charge in [-0.05, 0) is 25.7 Å². The normalized spacial score (nSPS) is 12.5. The fourth-order valence-corrected chi connectivity index (χ4v) is 6.33. The van der Waals surface area contributed by atoms with Crippen LogP contribution in [0.1, 0.15) is 194 Å². The Balaban J connectivity index is 0. The zero-order valence-electron chi connectivity index (χ0n) is 27.9. The smallest absolute Gasteiger partial charge is 0.116 e. The number of nitrogens with zero attached hydrogens (tertiary/aromatic N) is 1. The molecule has 0 aliphatic carbocycles. The Morgan fingerprint density at radius 2 is 0.675 bits per heavy atom. The lowest BCUT2D eigenvalue weighted by atomic mass is 10.0. The van der Waals surface area contributed by atoms with Crippen LogP contribution in [0.15, 0.2) is 0 Å². The molecule has 0 rings (SSSR count). The van der Waals surface area contributed by atoms with Gasteiger partial charge in [-0.25, -0.2) is 0 Å². The molecule has 40 heavy (non-hydrogen) atoms. The maximum atomic E-state index is 10.3. The summed E-state index contributed by atoms with van der Waals surface area (Å²) in [5.74, 6) is 0.366. The monoisotopic (exact) mass is 608 g/mol. The van der Waals surface area contributed by atoms with Crippen LogP contribution in [0.3, 0.4) is 0 Å².